The van der Waals surface area contributed by atoms with Crippen molar-refractivity contribution in [2.45, 2.75) is 52.6 Å². The molecule has 80 valence electrons. The van der Waals surface area contributed by atoms with E-state index in [1.54, 1.807) is 0 Å². The first-order valence-electron chi connectivity index (χ1n) is 5.81. The van der Waals surface area contributed by atoms with Gasteiger partial charge in [0.25, 0.3) is 0 Å². The van der Waals surface area contributed by atoms with E-state index in [1.165, 1.54) is 19.3 Å². The molecule has 0 spiro atoms. The highest BCUT2D eigenvalue weighted by atomic mass is 16.3. The molecule has 0 aromatic rings. The third-order valence-electron chi connectivity index (χ3n) is 4.64. The molecule has 2 aliphatic rings. The van der Waals surface area contributed by atoms with Crippen molar-refractivity contribution in [3.8, 4) is 0 Å². The van der Waals surface area contributed by atoms with Crippen molar-refractivity contribution >= 4 is 0 Å². The molecule has 3 atom stereocenters. The summed E-state index contributed by atoms with van der Waals surface area (Å²) in [5.41, 5.74) is 0.537. The van der Waals surface area contributed by atoms with E-state index < -0.39 is 0 Å². The minimum absolute atomic E-state index is 0.135. The first-order chi connectivity index (χ1) is 6.47. The molecule has 0 bridgehead atoms. The van der Waals surface area contributed by atoms with Gasteiger partial charge in [-0.1, -0.05) is 39.3 Å². The van der Waals surface area contributed by atoms with Crippen LogP contribution >= 0.6 is 0 Å². The second-order valence-electron chi connectivity index (χ2n) is 6.01. The SMILES string of the molecule is CC1(C)CCC[C@]2(C)[C@H](O)C=CC[C@H]12. The van der Waals surface area contributed by atoms with E-state index >= 15 is 0 Å². The van der Waals surface area contributed by atoms with Crippen LogP contribution in [0.3, 0.4) is 0 Å². The van der Waals surface area contributed by atoms with Crippen molar-refractivity contribution in [3.05, 3.63) is 12.2 Å². The quantitative estimate of drug-likeness (QED) is 0.587. The zero-order valence-electron chi connectivity index (χ0n) is 9.59. The maximum Gasteiger partial charge on any atom is 0.0777 e. The number of allylic oxidation sites excluding steroid dienone is 1. The van der Waals surface area contributed by atoms with Crippen LogP contribution in [0.4, 0.5) is 0 Å². The monoisotopic (exact) mass is 194 g/mol. The van der Waals surface area contributed by atoms with Crippen LogP contribution in [0.5, 0.6) is 0 Å². The van der Waals surface area contributed by atoms with Crippen LogP contribution in [-0.4, -0.2) is 11.2 Å². The zero-order chi connectivity index (χ0) is 10.4. The predicted octanol–water partition coefficient (Wildman–Crippen LogP) is 3.14. The molecule has 2 rings (SSSR count). The lowest BCUT2D eigenvalue weighted by molar-refractivity contribution is -0.0715. The second kappa shape index (κ2) is 3.10. The average molecular weight is 194 g/mol. The highest BCUT2D eigenvalue weighted by molar-refractivity contribution is 5.11. The Kier molecular flexibility index (Phi) is 2.26. The molecular formula is C13H22O. The second-order valence-corrected chi connectivity index (χ2v) is 6.01. The molecular weight excluding hydrogens is 172 g/mol. The Balaban J connectivity index is 2.34. The molecule has 1 N–H and O–H groups in total. The van der Waals surface area contributed by atoms with Crippen molar-refractivity contribution in [1.82, 2.24) is 0 Å². The minimum atomic E-state index is -0.221. The Labute approximate surface area is 87.2 Å². The molecule has 0 aromatic carbocycles. The lowest BCUT2D eigenvalue weighted by atomic mass is 9.52. The molecule has 1 saturated carbocycles. The molecule has 14 heavy (non-hydrogen) atoms. The van der Waals surface area contributed by atoms with E-state index in [2.05, 4.69) is 26.8 Å². The van der Waals surface area contributed by atoms with Gasteiger partial charge in [0.15, 0.2) is 0 Å². The molecule has 0 aromatic heterocycles. The van der Waals surface area contributed by atoms with Gasteiger partial charge < -0.3 is 5.11 Å². The first kappa shape index (κ1) is 10.2. The number of aliphatic hydroxyl groups is 1. The third kappa shape index (κ3) is 1.33. The number of hydrogen-bond donors (Lipinski definition) is 1. The van der Waals surface area contributed by atoms with Gasteiger partial charge in [0.2, 0.25) is 0 Å². The van der Waals surface area contributed by atoms with E-state index in [0.29, 0.717) is 11.3 Å². The van der Waals surface area contributed by atoms with Crippen LogP contribution in [0.2, 0.25) is 0 Å². The minimum Gasteiger partial charge on any atom is -0.388 e. The molecule has 0 heterocycles. The number of rotatable bonds is 0. The van der Waals surface area contributed by atoms with Crippen LogP contribution in [-0.2, 0) is 0 Å². The fraction of sp³-hybridized carbons (Fsp3) is 0.846. The average Bonchev–Trinajstić information content (AvgIpc) is 2.08. The van der Waals surface area contributed by atoms with E-state index in [4.69, 9.17) is 0 Å². The summed E-state index contributed by atoms with van der Waals surface area (Å²) in [5.74, 6) is 0.656. The van der Waals surface area contributed by atoms with Gasteiger partial charge in [-0.05, 0) is 30.6 Å². The van der Waals surface area contributed by atoms with Gasteiger partial charge in [-0.3, -0.25) is 0 Å². The first-order valence-corrected chi connectivity index (χ1v) is 5.81. The van der Waals surface area contributed by atoms with Crippen LogP contribution in [0.15, 0.2) is 12.2 Å². The van der Waals surface area contributed by atoms with Crippen LogP contribution in [0.25, 0.3) is 0 Å². The zero-order valence-corrected chi connectivity index (χ0v) is 9.59. The Bertz CT molecular complexity index is 254. The van der Waals surface area contributed by atoms with Crippen LogP contribution in [0, 0.1) is 16.7 Å². The van der Waals surface area contributed by atoms with Gasteiger partial charge in [-0.25, -0.2) is 0 Å². The summed E-state index contributed by atoms with van der Waals surface area (Å²) in [5, 5.41) is 10.1. The largest absolute Gasteiger partial charge is 0.388 e. The van der Waals surface area contributed by atoms with E-state index in [-0.39, 0.29) is 11.5 Å². The van der Waals surface area contributed by atoms with Crippen molar-refractivity contribution in [3.63, 3.8) is 0 Å². The Hall–Kier alpha value is -0.300. The fourth-order valence-corrected chi connectivity index (χ4v) is 3.67. The number of aliphatic hydroxyl groups excluding tert-OH is 1. The van der Waals surface area contributed by atoms with Gasteiger partial charge in [0.05, 0.1) is 6.10 Å². The van der Waals surface area contributed by atoms with E-state index in [0.717, 1.165) is 6.42 Å². The van der Waals surface area contributed by atoms with Gasteiger partial charge in [0, 0.05) is 5.41 Å². The summed E-state index contributed by atoms with van der Waals surface area (Å²) in [7, 11) is 0. The summed E-state index contributed by atoms with van der Waals surface area (Å²) in [6, 6.07) is 0. The fourth-order valence-electron chi connectivity index (χ4n) is 3.67. The molecule has 1 nitrogen and oxygen atoms in total. The third-order valence-corrected chi connectivity index (χ3v) is 4.64. The topological polar surface area (TPSA) is 20.2 Å². The summed E-state index contributed by atoms with van der Waals surface area (Å²) in [4.78, 5) is 0. The molecule has 0 amide bonds. The molecule has 0 unspecified atom stereocenters. The number of hydrogen-bond acceptors (Lipinski definition) is 1. The van der Waals surface area contributed by atoms with E-state index in [9.17, 15) is 5.11 Å². The number of fused-ring (bicyclic) bond motifs is 1. The van der Waals surface area contributed by atoms with E-state index in [1.807, 2.05) is 6.08 Å². The maximum absolute atomic E-state index is 10.1. The Morgan fingerprint density at radius 2 is 1.93 bits per heavy atom. The summed E-state index contributed by atoms with van der Waals surface area (Å²) >= 11 is 0. The maximum atomic E-state index is 10.1. The van der Waals surface area contributed by atoms with Crippen molar-refractivity contribution in [2.24, 2.45) is 16.7 Å². The van der Waals surface area contributed by atoms with Crippen molar-refractivity contribution in [2.75, 3.05) is 0 Å². The predicted molar refractivity (Wildman–Crippen MR) is 59.0 cm³/mol. The van der Waals surface area contributed by atoms with Gasteiger partial charge >= 0.3 is 0 Å². The van der Waals surface area contributed by atoms with Gasteiger partial charge in [-0.15, -0.1) is 0 Å². The smallest absolute Gasteiger partial charge is 0.0777 e. The van der Waals surface area contributed by atoms with Crippen molar-refractivity contribution < 1.29 is 5.11 Å². The van der Waals surface area contributed by atoms with Gasteiger partial charge in [-0.2, -0.15) is 0 Å². The van der Waals surface area contributed by atoms with Crippen LogP contribution in [0.1, 0.15) is 46.5 Å². The standard InChI is InChI=1S/C13H22O/c1-12(2)8-5-9-13(3)10(12)6-4-7-11(13)14/h4,7,10-11,14H,5-6,8-9H2,1-3H3/t10-,11-,13+/m1/s1. The summed E-state index contributed by atoms with van der Waals surface area (Å²) < 4.78 is 0. The molecule has 2 aliphatic carbocycles. The highest BCUT2D eigenvalue weighted by Crippen LogP contribution is 2.55. The Morgan fingerprint density at radius 3 is 2.57 bits per heavy atom. The molecule has 0 saturated heterocycles. The Morgan fingerprint density at radius 1 is 1.21 bits per heavy atom. The summed E-state index contributed by atoms with van der Waals surface area (Å²) in [6.07, 6.45) is 8.87. The molecule has 0 radical (unpaired) electrons. The van der Waals surface area contributed by atoms with Crippen molar-refractivity contribution in [1.29, 1.82) is 0 Å². The summed E-state index contributed by atoms with van der Waals surface area (Å²) in [6.45, 7) is 6.99. The van der Waals surface area contributed by atoms with Crippen LogP contribution < -0.4 is 0 Å². The molecule has 1 heteroatoms. The molecule has 1 fully saturated rings. The normalized spacial score (nSPS) is 46.0. The lowest BCUT2D eigenvalue weighted by Gasteiger charge is -2.54. The highest BCUT2D eigenvalue weighted by Gasteiger charge is 2.50. The lowest BCUT2D eigenvalue weighted by Crippen LogP contribution is -2.49. The van der Waals surface area contributed by atoms with Gasteiger partial charge in [0.1, 0.15) is 0 Å². The molecule has 0 aliphatic heterocycles.